The highest BCUT2D eigenvalue weighted by atomic mass is 32.2. The smallest absolute Gasteiger partial charge is 0.282 e. The van der Waals surface area contributed by atoms with E-state index in [-0.39, 0.29) is 11.2 Å². The van der Waals surface area contributed by atoms with Crippen molar-refractivity contribution < 1.29 is 0 Å². The van der Waals surface area contributed by atoms with E-state index in [2.05, 4.69) is 28.7 Å². The average molecular weight is 362 g/mol. The monoisotopic (exact) mass is 362 g/mol. The standard InChI is InChI=1S/C20H18N4OS/c1-13(2)14-5-7-16(8-6-14)24-18(15-9-11-22-12-10-15)23-19(26-4)17(21-3)20(24)25/h5-13H,1-2,4H3. The Hall–Kier alpha value is -2.91. The number of hydrogen-bond acceptors (Lipinski definition) is 4. The van der Waals surface area contributed by atoms with Crippen LogP contribution in [-0.2, 0) is 0 Å². The fraction of sp³-hybridized carbons (Fsp3) is 0.200. The Morgan fingerprint density at radius 3 is 2.31 bits per heavy atom. The van der Waals surface area contributed by atoms with Crippen LogP contribution in [0.5, 0.6) is 0 Å². The molecule has 0 spiro atoms. The van der Waals surface area contributed by atoms with E-state index in [4.69, 9.17) is 6.57 Å². The first-order valence-corrected chi connectivity index (χ1v) is 9.38. The Kier molecular flexibility index (Phi) is 5.19. The lowest BCUT2D eigenvalue weighted by atomic mass is 10.0. The molecule has 0 saturated heterocycles. The highest BCUT2D eigenvalue weighted by Crippen LogP contribution is 2.28. The fourth-order valence-electron chi connectivity index (χ4n) is 2.67. The third-order valence-electron chi connectivity index (χ3n) is 4.09. The molecule has 1 aromatic carbocycles. The lowest BCUT2D eigenvalue weighted by molar-refractivity contribution is 0.862. The number of benzene rings is 1. The maximum absolute atomic E-state index is 13.1. The van der Waals surface area contributed by atoms with Crippen molar-refractivity contribution in [2.45, 2.75) is 24.8 Å². The van der Waals surface area contributed by atoms with Crippen molar-refractivity contribution in [3.05, 3.63) is 76.1 Å². The zero-order valence-electron chi connectivity index (χ0n) is 14.8. The maximum Gasteiger partial charge on any atom is 0.282 e. The van der Waals surface area contributed by atoms with Crippen LogP contribution in [0.3, 0.4) is 0 Å². The second-order valence-corrected chi connectivity index (χ2v) is 6.82. The van der Waals surface area contributed by atoms with Gasteiger partial charge in [-0.1, -0.05) is 26.0 Å². The second kappa shape index (κ2) is 7.54. The second-order valence-electron chi connectivity index (χ2n) is 6.03. The molecule has 0 saturated carbocycles. The molecule has 0 aliphatic rings. The lowest BCUT2D eigenvalue weighted by Gasteiger charge is -2.15. The Morgan fingerprint density at radius 2 is 1.77 bits per heavy atom. The van der Waals surface area contributed by atoms with Gasteiger partial charge in [0.15, 0.2) is 0 Å². The molecule has 0 atom stereocenters. The SMILES string of the molecule is [C-]#[N+]c1c(SC)nc(-c2ccncc2)n(-c2ccc(C(C)C)cc2)c1=O. The van der Waals surface area contributed by atoms with Crippen LogP contribution in [0.1, 0.15) is 25.3 Å². The molecular formula is C20H18N4OS. The predicted octanol–water partition coefficient (Wildman–Crippen LogP) is 4.69. The summed E-state index contributed by atoms with van der Waals surface area (Å²) in [6.07, 6.45) is 5.14. The Labute approximate surface area is 156 Å². The molecule has 0 N–H and O–H groups in total. The third-order valence-corrected chi connectivity index (χ3v) is 4.76. The van der Waals surface area contributed by atoms with Crippen molar-refractivity contribution >= 4 is 17.4 Å². The van der Waals surface area contributed by atoms with Crippen LogP contribution >= 0.6 is 11.8 Å². The largest absolute Gasteiger partial charge is 0.282 e. The van der Waals surface area contributed by atoms with Gasteiger partial charge in [-0.15, -0.1) is 11.8 Å². The molecule has 2 heterocycles. The number of thioether (sulfide) groups is 1. The zero-order chi connectivity index (χ0) is 18.7. The van der Waals surface area contributed by atoms with E-state index in [1.54, 1.807) is 12.4 Å². The first-order chi connectivity index (χ1) is 12.6. The molecule has 130 valence electrons. The van der Waals surface area contributed by atoms with Gasteiger partial charge in [-0.2, -0.15) is 0 Å². The molecule has 0 fully saturated rings. The summed E-state index contributed by atoms with van der Waals surface area (Å²) in [6.45, 7) is 11.6. The van der Waals surface area contributed by atoms with Gasteiger partial charge < -0.3 is 0 Å². The van der Waals surface area contributed by atoms with E-state index >= 15 is 0 Å². The van der Waals surface area contributed by atoms with E-state index in [0.29, 0.717) is 22.5 Å². The Morgan fingerprint density at radius 1 is 1.12 bits per heavy atom. The van der Waals surface area contributed by atoms with Crippen LogP contribution in [0.4, 0.5) is 5.69 Å². The summed E-state index contributed by atoms with van der Waals surface area (Å²) < 4.78 is 1.51. The summed E-state index contributed by atoms with van der Waals surface area (Å²) in [5.74, 6) is 0.905. The minimum absolute atomic E-state index is 0.0447. The summed E-state index contributed by atoms with van der Waals surface area (Å²) in [6, 6.07) is 11.4. The number of nitrogens with zero attached hydrogens (tertiary/aromatic N) is 4. The summed E-state index contributed by atoms with van der Waals surface area (Å²) in [5, 5.41) is 0.437. The summed E-state index contributed by atoms with van der Waals surface area (Å²) in [7, 11) is 0. The summed E-state index contributed by atoms with van der Waals surface area (Å²) in [4.78, 5) is 25.1. The van der Waals surface area contributed by atoms with Crippen molar-refractivity contribution in [2.24, 2.45) is 0 Å². The highest BCUT2D eigenvalue weighted by molar-refractivity contribution is 7.98. The average Bonchev–Trinajstić information content (AvgIpc) is 2.68. The minimum Gasteiger partial charge on any atom is -0.282 e. The van der Waals surface area contributed by atoms with Crippen LogP contribution in [0.15, 0.2) is 58.6 Å². The molecule has 3 rings (SSSR count). The van der Waals surface area contributed by atoms with Gasteiger partial charge in [-0.25, -0.2) is 9.83 Å². The van der Waals surface area contributed by atoms with Gasteiger partial charge in [0.2, 0.25) is 0 Å². The van der Waals surface area contributed by atoms with Crippen molar-refractivity contribution in [3.63, 3.8) is 0 Å². The molecule has 6 heteroatoms. The topological polar surface area (TPSA) is 52.1 Å². The molecule has 0 bridgehead atoms. The van der Waals surface area contributed by atoms with Crippen molar-refractivity contribution in [3.8, 4) is 17.1 Å². The first-order valence-electron chi connectivity index (χ1n) is 8.16. The highest BCUT2D eigenvalue weighted by Gasteiger charge is 2.19. The van der Waals surface area contributed by atoms with Crippen molar-refractivity contribution in [2.75, 3.05) is 6.26 Å². The Balaban J connectivity index is 2.32. The van der Waals surface area contributed by atoms with Gasteiger partial charge in [0.25, 0.3) is 11.2 Å². The normalized spacial score (nSPS) is 10.7. The van der Waals surface area contributed by atoms with Gasteiger partial charge in [0.05, 0.1) is 6.57 Å². The fourth-order valence-corrected chi connectivity index (χ4v) is 3.18. The summed E-state index contributed by atoms with van der Waals surface area (Å²) >= 11 is 1.30. The minimum atomic E-state index is -0.358. The molecule has 0 aliphatic carbocycles. The van der Waals surface area contributed by atoms with Gasteiger partial charge >= 0.3 is 0 Å². The van der Waals surface area contributed by atoms with Gasteiger partial charge in [0, 0.05) is 23.6 Å². The molecule has 2 aromatic heterocycles. The van der Waals surface area contributed by atoms with E-state index in [1.165, 1.54) is 21.9 Å². The molecular weight excluding hydrogens is 344 g/mol. The van der Waals surface area contributed by atoms with E-state index < -0.39 is 0 Å². The van der Waals surface area contributed by atoms with Crippen LogP contribution < -0.4 is 5.56 Å². The Bertz CT molecular complexity index is 1020. The van der Waals surface area contributed by atoms with E-state index in [1.807, 2.05) is 42.7 Å². The van der Waals surface area contributed by atoms with Gasteiger partial charge in [-0.05, 0) is 42.0 Å². The van der Waals surface area contributed by atoms with Gasteiger partial charge in [0.1, 0.15) is 10.9 Å². The maximum atomic E-state index is 13.1. The van der Waals surface area contributed by atoms with Crippen molar-refractivity contribution in [1.29, 1.82) is 0 Å². The predicted molar refractivity (Wildman–Crippen MR) is 105 cm³/mol. The number of hydrogen-bond donors (Lipinski definition) is 0. The van der Waals surface area contributed by atoms with E-state index in [9.17, 15) is 4.79 Å². The van der Waals surface area contributed by atoms with Gasteiger partial charge in [-0.3, -0.25) is 14.3 Å². The number of aromatic nitrogens is 3. The van der Waals surface area contributed by atoms with Crippen LogP contribution in [0.25, 0.3) is 21.9 Å². The molecule has 0 amide bonds. The molecule has 0 aliphatic heterocycles. The molecule has 0 unspecified atom stereocenters. The molecule has 5 nitrogen and oxygen atoms in total. The molecule has 0 radical (unpaired) electrons. The van der Waals surface area contributed by atoms with E-state index in [0.717, 1.165) is 5.56 Å². The molecule has 3 aromatic rings. The van der Waals surface area contributed by atoms with Crippen LogP contribution in [-0.4, -0.2) is 20.8 Å². The zero-order valence-corrected chi connectivity index (χ0v) is 15.6. The molecule has 26 heavy (non-hydrogen) atoms. The number of pyridine rings is 1. The first kappa shape index (κ1) is 17.9. The third kappa shape index (κ3) is 3.26. The van der Waals surface area contributed by atoms with Crippen LogP contribution in [0.2, 0.25) is 0 Å². The van der Waals surface area contributed by atoms with Crippen molar-refractivity contribution in [1.82, 2.24) is 14.5 Å². The lowest BCUT2D eigenvalue weighted by Crippen LogP contribution is -2.22. The van der Waals surface area contributed by atoms with Crippen LogP contribution in [0, 0.1) is 6.57 Å². The summed E-state index contributed by atoms with van der Waals surface area (Å²) in [5.41, 5.74) is 2.34. The number of rotatable bonds is 4. The quantitative estimate of drug-likeness (QED) is 0.384.